The lowest BCUT2D eigenvalue weighted by Gasteiger charge is -2.47. The van der Waals surface area contributed by atoms with Crippen molar-refractivity contribution in [1.29, 1.82) is 0 Å². The topological polar surface area (TPSA) is 35.2 Å². The van der Waals surface area contributed by atoms with Crippen LogP contribution in [0.1, 0.15) is 18.4 Å². The van der Waals surface area contributed by atoms with Crippen LogP contribution in [0.15, 0.2) is 28.7 Å². The minimum Gasteiger partial charge on any atom is -0.384 e. The summed E-state index contributed by atoms with van der Waals surface area (Å²) in [4.78, 5) is 0. The predicted molar refractivity (Wildman–Crippen MR) is 69.5 cm³/mol. The van der Waals surface area contributed by atoms with Gasteiger partial charge in [-0.1, -0.05) is 28.1 Å². The number of hydrogen-bond acceptors (Lipinski definition) is 2. The van der Waals surface area contributed by atoms with E-state index in [9.17, 15) is 0 Å². The van der Waals surface area contributed by atoms with Gasteiger partial charge in [-0.2, -0.15) is 0 Å². The SMILES string of the molecule is COCC1(c2cccc(Br)c2)CC(CN)C1. The highest BCUT2D eigenvalue weighted by atomic mass is 79.9. The number of halogens is 1. The summed E-state index contributed by atoms with van der Waals surface area (Å²) in [6.45, 7) is 1.58. The lowest BCUT2D eigenvalue weighted by atomic mass is 9.59. The van der Waals surface area contributed by atoms with Gasteiger partial charge >= 0.3 is 0 Å². The maximum absolute atomic E-state index is 5.71. The van der Waals surface area contributed by atoms with E-state index in [1.807, 2.05) is 0 Å². The van der Waals surface area contributed by atoms with Crippen LogP contribution >= 0.6 is 15.9 Å². The van der Waals surface area contributed by atoms with Gasteiger partial charge in [0.15, 0.2) is 0 Å². The summed E-state index contributed by atoms with van der Waals surface area (Å²) in [5, 5.41) is 0. The monoisotopic (exact) mass is 283 g/mol. The summed E-state index contributed by atoms with van der Waals surface area (Å²) in [6.07, 6.45) is 2.29. The molecule has 0 amide bonds. The Labute approximate surface area is 105 Å². The first-order valence-corrected chi connectivity index (χ1v) is 6.44. The zero-order chi connectivity index (χ0) is 11.6. The Kier molecular flexibility index (Phi) is 3.67. The summed E-state index contributed by atoms with van der Waals surface area (Å²) in [5.74, 6) is 0.661. The minimum atomic E-state index is 0.197. The number of benzene rings is 1. The van der Waals surface area contributed by atoms with E-state index in [2.05, 4.69) is 40.2 Å². The van der Waals surface area contributed by atoms with Crippen LogP contribution in [0.25, 0.3) is 0 Å². The molecule has 0 atom stereocenters. The molecule has 0 saturated heterocycles. The number of nitrogens with two attached hydrogens (primary N) is 1. The first-order valence-electron chi connectivity index (χ1n) is 5.65. The van der Waals surface area contributed by atoms with Crippen LogP contribution in [0, 0.1) is 5.92 Å². The van der Waals surface area contributed by atoms with Crippen molar-refractivity contribution in [1.82, 2.24) is 0 Å². The van der Waals surface area contributed by atoms with Gasteiger partial charge < -0.3 is 10.5 Å². The summed E-state index contributed by atoms with van der Waals surface area (Å²) in [5.41, 5.74) is 7.27. The minimum absolute atomic E-state index is 0.197. The molecule has 0 aromatic heterocycles. The van der Waals surface area contributed by atoms with Crippen LogP contribution in [0.3, 0.4) is 0 Å². The largest absolute Gasteiger partial charge is 0.384 e. The fourth-order valence-corrected chi connectivity index (χ4v) is 3.14. The van der Waals surface area contributed by atoms with Crippen molar-refractivity contribution in [2.75, 3.05) is 20.3 Å². The number of methoxy groups -OCH3 is 1. The van der Waals surface area contributed by atoms with Crippen LogP contribution < -0.4 is 5.73 Å². The maximum atomic E-state index is 5.71. The first kappa shape index (κ1) is 12.1. The van der Waals surface area contributed by atoms with Crippen molar-refractivity contribution in [2.24, 2.45) is 11.7 Å². The quantitative estimate of drug-likeness (QED) is 0.922. The normalized spacial score (nSPS) is 28.8. The molecule has 0 heterocycles. The molecule has 0 bridgehead atoms. The molecule has 2 N–H and O–H groups in total. The fraction of sp³-hybridized carbons (Fsp3) is 0.538. The van der Waals surface area contributed by atoms with Crippen LogP contribution in [-0.2, 0) is 10.2 Å². The van der Waals surface area contributed by atoms with Crippen molar-refractivity contribution in [3.63, 3.8) is 0 Å². The van der Waals surface area contributed by atoms with E-state index in [-0.39, 0.29) is 5.41 Å². The molecular weight excluding hydrogens is 266 g/mol. The van der Waals surface area contributed by atoms with Crippen molar-refractivity contribution in [3.05, 3.63) is 34.3 Å². The standard InChI is InChI=1S/C13H18BrNO/c1-16-9-13(6-10(7-13)8-15)11-3-2-4-12(14)5-11/h2-5,10H,6-9,15H2,1H3. The van der Waals surface area contributed by atoms with Gasteiger partial charge in [-0.3, -0.25) is 0 Å². The molecule has 1 saturated carbocycles. The van der Waals surface area contributed by atoms with Gasteiger partial charge in [0.25, 0.3) is 0 Å². The highest BCUT2D eigenvalue weighted by Crippen LogP contribution is 2.47. The lowest BCUT2D eigenvalue weighted by Crippen LogP contribution is -2.47. The van der Waals surface area contributed by atoms with Crippen LogP contribution in [-0.4, -0.2) is 20.3 Å². The van der Waals surface area contributed by atoms with Crippen molar-refractivity contribution < 1.29 is 4.74 Å². The molecule has 0 spiro atoms. The van der Waals surface area contributed by atoms with Crippen molar-refractivity contribution >= 4 is 15.9 Å². The molecule has 1 aromatic carbocycles. The first-order chi connectivity index (χ1) is 7.70. The Morgan fingerprint density at radius 2 is 2.25 bits per heavy atom. The smallest absolute Gasteiger partial charge is 0.0559 e. The molecular formula is C13H18BrNO. The lowest BCUT2D eigenvalue weighted by molar-refractivity contribution is 0.0423. The second-order valence-corrected chi connectivity index (χ2v) is 5.65. The van der Waals surface area contributed by atoms with Gasteiger partial charge in [-0.25, -0.2) is 0 Å². The third-order valence-electron chi connectivity index (χ3n) is 3.55. The predicted octanol–water partition coefficient (Wildman–Crippen LogP) is 2.70. The van der Waals surface area contributed by atoms with Gasteiger partial charge in [0, 0.05) is 17.0 Å². The van der Waals surface area contributed by atoms with E-state index in [1.54, 1.807) is 7.11 Å². The second kappa shape index (κ2) is 4.86. The molecule has 0 aliphatic heterocycles. The molecule has 2 nitrogen and oxygen atoms in total. The van der Waals surface area contributed by atoms with E-state index >= 15 is 0 Å². The Balaban J connectivity index is 2.21. The summed E-state index contributed by atoms with van der Waals surface area (Å²) >= 11 is 3.53. The van der Waals surface area contributed by atoms with Crippen LogP contribution in [0.4, 0.5) is 0 Å². The van der Waals surface area contributed by atoms with E-state index < -0.39 is 0 Å². The van der Waals surface area contributed by atoms with Gasteiger partial charge in [0.05, 0.1) is 6.61 Å². The average molecular weight is 284 g/mol. The zero-order valence-electron chi connectivity index (χ0n) is 9.58. The number of rotatable bonds is 4. The van der Waals surface area contributed by atoms with Crippen molar-refractivity contribution in [3.8, 4) is 0 Å². The molecule has 2 rings (SSSR count). The van der Waals surface area contributed by atoms with Gasteiger partial charge in [0.1, 0.15) is 0 Å². The van der Waals surface area contributed by atoms with E-state index in [1.165, 1.54) is 5.56 Å². The molecule has 1 fully saturated rings. The maximum Gasteiger partial charge on any atom is 0.0559 e. The molecule has 0 radical (unpaired) electrons. The summed E-state index contributed by atoms with van der Waals surface area (Å²) in [6, 6.07) is 8.54. The highest BCUT2D eigenvalue weighted by Gasteiger charge is 2.44. The van der Waals surface area contributed by atoms with E-state index in [0.717, 1.165) is 30.5 Å². The van der Waals surface area contributed by atoms with Gasteiger partial charge in [-0.05, 0) is 43.0 Å². The Morgan fingerprint density at radius 3 is 2.81 bits per heavy atom. The molecule has 1 aliphatic carbocycles. The molecule has 88 valence electrons. The van der Waals surface area contributed by atoms with E-state index in [4.69, 9.17) is 10.5 Å². The molecule has 1 aliphatic rings. The summed E-state index contributed by atoms with van der Waals surface area (Å²) in [7, 11) is 1.77. The molecule has 3 heteroatoms. The Hall–Kier alpha value is -0.380. The third kappa shape index (κ3) is 2.17. The average Bonchev–Trinajstić information content (AvgIpc) is 2.23. The second-order valence-electron chi connectivity index (χ2n) is 4.73. The zero-order valence-corrected chi connectivity index (χ0v) is 11.2. The van der Waals surface area contributed by atoms with Gasteiger partial charge in [0.2, 0.25) is 0 Å². The molecule has 1 aromatic rings. The summed E-state index contributed by atoms with van der Waals surface area (Å²) < 4.78 is 6.52. The van der Waals surface area contributed by atoms with E-state index in [0.29, 0.717) is 5.92 Å². The van der Waals surface area contributed by atoms with Gasteiger partial charge in [-0.15, -0.1) is 0 Å². The third-order valence-corrected chi connectivity index (χ3v) is 4.04. The Morgan fingerprint density at radius 1 is 1.50 bits per heavy atom. The molecule has 0 unspecified atom stereocenters. The fourth-order valence-electron chi connectivity index (χ4n) is 2.74. The highest BCUT2D eigenvalue weighted by molar-refractivity contribution is 9.10. The Bertz CT molecular complexity index is 361. The number of hydrogen-bond donors (Lipinski definition) is 1. The van der Waals surface area contributed by atoms with Crippen LogP contribution in [0.2, 0.25) is 0 Å². The number of ether oxygens (including phenoxy) is 1. The van der Waals surface area contributed by atoms with Crippen LogP contribution in [0.5, 0.6) is 0 Å². The molecule has 16 heavy (non-hydrogen) atoms. The van der Waals surface area contributed by atoms with Crippen molar-refractivity contribution in [2.45, 2.75) is 18.3 Å².